The second-order valence-corrected chi connectivity index (χ2v) is 15.4. The van der Waals surface area contributed by atoms with E-state index in [-0.39, 0.29) is 59.9 Å². The number of aromatic nitrogens is 1. The fourth-order valence-corrected chi connectivity index (χ4v) is 7.79. The molecule has 1 aliphatic heterocycles. The summed E-state index contributed by atoms with van der Waals surface area (Å²) < 4.78 is 12.0. The van der Waals surface area contributed by atoms with E-state index in [0.29, 0.717) is 18.8 Å². The topological polar surface area (TPSA) is 133 Å². The zero-order valence-electron chi connectivity index (χ0n) is 33.5. The molecule has 2 aromatic rings. The molecule has 1 fully saturated rings. The lowest BCUT2D eigenvalue weighted by Gasteiger charge is -2.41. The predicted octanol–water partition coefficient (Wildman–Crippen LogP) is 4.82. The van der Waals surface area contributed by atoms with Gasteiger partial charge in [0.15, 0.2) is 0 Å². The molecule has 1 aliphatic rings. The molecule has 52 heavy (non-hydrogen) atoms. The monoisotopic (exact) mass is 724 g/mol. The Bertz CT molecular complexity index is 1490. The summed E-state index contributed by atoms with van der Waals surface area (Å²) in [4.78, 5) is 65.2. The lowest BCUT2D eigenvalue weighted by molar-refractivity contribution is -0.147. The van der Waals surface area contributed by atoms with Crippen molar-refractivity contribution >= 4 is 40.3 Å². The van der Waals surface area contributed by atoms with E-state index < -0.39 is 30.2 Å². The highest BCUT2D eigenvalue weighted by atomic mass is 16.5. The Morgan fingerprint density at radius 3 is 2.17 bits per heavy atom. The van der Waals surface area contributed by atoms with E-state index in [2.05, 4.69) is 29.5 Å². The number of nitrogens with zero attached hydrogens (tertiary/aromatic N) is 4. The molecule has 1 saturated heterocycles. The van der Waals surface area contributed by atoms with Gasteiger partial charge < -0.3 is 29.9 Å². The number of para-hydroxylation sites is 1. The second kappa shape index (κ2) is 19.5. The molecule has 8 atom stereocenters. The van der Waals surface area contributed by atoms with Gasteiger partial charge in [0.2, 0.25) is 23.6 Å². The average Bonchev–Trinajstić information content (AvgIpc) is 3.59. The van der Waals surface area contributed by atoms with Gasteiger partial charge in [-0.15, -0.1) is 0 Å². The Labute approximate surface area is 311 Å². The van der Waals surface area contributed by atoms with Crippen LogP contribution in [0.25, 0.3) is 10.9 Å². The molecule has 0 aliphatic carbocycles. The van der Waals surface area contributed by atoms with Crippen molar-refractivity contribution in [2.24, 2.45) is 23.7 Å². The fraction of sp³-hybridized carbons (Fsp3) is 0.675. The summed E-state index contributed by atoms with van der Waals surface area (Å²) in [6, 6.07) is 9.54. The number of ether oxygens (including phenoxy) is 2. The molecule has 0 unspecified atom stereocenters. The Balaban J connectivity index is 1.78. The number of hydrogen-bond donors (Lipinski definition) is 2. The fourth-order valence-electron chi connectivity index (χ4n) is 7.79. The minimum absolute atomic E-state index is 0.00562. The van der Waals surface area contributed by atoms with E-state index in [0.717, 1.165) is 23.7 Å². The minimum Gasteiger partial charge on any atom is -0.379 e. The first-order valence-electron chi connectivity index (χ1n) is 18.8. The van der Waals surface area contributed by atoms with Gasteiger partial charge >= 0.3 is 0 Å². The van der Waals surface area contributed by atoms with Gasteiger partial charge in [-0.25, -0.2) is 4.98 Å². The summed E-state index contributed by atoms with van der Waals surface area (Å²) in [6.07, 6.45) is 1.12. The number of benzene rings is 1. The average molecular weight is 725 g/mol. The Morgan fingerprint density at radius 1 is 0.923 bits per heavy atom. The zero-order chi connectivity index (χ0) is 38.9. The van der Waals surface area contributed by atoms with Crippen LogP contribution in [0.5, 0.6) is 0 Å². The van der Waals surface area contributed by atoms with E-state index in [1.165, 1.54) is 0 Å². The maximum atomic E-state index is 14.2. The number of carbonyl (C=O) groups excluding carboxylic acids is 4. The van der Waals surface area contributed by atoms with Crippen LogP contribution in [0.1, 0.15) is 74.1 Å². The SMILES string of the molecule is CC[C@H](C)[C@@H]([C@@H](CC(=O)N1CCC[C@H]1[C@H](OC)[C@@H](C)C(=O)Nc1ccc2ccccc2n1)OC)N(C)C(=O)[C@@H](NC(=O)[C@H](C(C)C)N(C)C)C(C)C. The van der Waals surface area contributed by atoms with Crippen molar-refractivity contribution in [2.45, 2.75) is 111 Å². The summed E-state index contributed by atoms with van der Waals surface area (Å²) in [5, 5.41) is 6.97. The third-order valence-electron chi connectivity index (χ3n) is 10.8. The highest BCUT2D eigenvalue weighted by molar-refractivity contribution is 5.93. The number of nitrogens with one attached hydrogen (secondary N) is 2. The Hall–Kier alpha value is -3.61. The molecule has 0 spiro atoms. The van der Waals surface area contributed by atoms with E-state index in [9.17, 15) is 19.2 Å². The summed E-state index contributed by atoms with van der Waals surface area (Å²) in [6.45, 7) is 14.3. The summed E-state index contributed by atoms with van der Waals surface area (Å²) in [7, 11) is 8.62. The van der Waals surface area contributed by atoms with Gasteiger partial charge in [0.1, 0.15) is 11.9 Å². The molecule has 290 valence electrons. The van der Waals surface area contributed by atoms with E-state index in [1.807, 2.05) is 88.8 Å². The first-order chi connectivity index (χ1) is 24.6. The van der Waals surface area contributed by atoms with Crippen LogP contribution in [0.15, 0.2) is 36.4 Å². The molecule has 3 rings (SSSR count). The van der Waals surface area contributed by atoms with Crippen LogP contribution in [-0.4, -0.2) is 122 Å². The molecule has 4 amide bonds. The number of methoxy groups -OCH3 is 2. The van der Waals surface area contributed by atoms with Gasteiger partial charge in [-0.05, 0) is 62.9 Å². The van der Waals surface area contributed by atoms with E-state index in [4.69, 9.17) is 9.47 Å². The molecule has 2 heterocycles. The van der Waals surface area contributed by atoms with Gasteiger partial charge in [-0.3, -0.25) is 24.1 Å². The van der Waals surface area contributed by atoms with Crippen LogP contribution in [0.3, 0.4) is 0 Å². The van der Waals surface area contributed by atoms with Gasteiger partial charge in [0, 0.05) is 33.2 Å². The molecular weight excluding hydrogens is 660 g/mol. The van der Waals surface area contributed by atoms with Gasteiger partial charge in [0.25, 0.3) is 0 Å². The largest absolute Gasteiger partial charge is 0.379 e. The summed E-state index contributed by atoms with van der Waals surface area (Å²) in [5.41, 5.74) is 0.785. The van der Waals surface area contributed by atoms with Crippen molar-refractivity contribution < 1.29 is 28.7 Å². The van der Waals surface area contributed by atoms with Crippen molar-refractivity contribution in [3.8, 4) is 0 Å². The molecule has 1 aromatic heterocycles. The number of rotatable bonds is 18. The number of amides is 4. The normalized spacial score (nSPS) is 18.9. The number of anilines is 1. The zero-order valence-corrected chi connectivity index (χ0v) is 33.5. The quantitative estimate of drug-likeness (QED) is 0.224. The number of hydrogen-bond acceptors (Lipinski definition) is 8. The maximum Gasteiger partial charge on any atom is 0.245 e. The molecule has 2 N–H and O–H groups in total. The first kappa shape index (κ1) is 42.8. The van der Waals surface area contributed by atoms with E-state index >= 15 is 0 Å². The molecule has 12 heteroatoms. The van der Waals surface area contributed by atoms with Gasteiger partial charge in [-0.2, -0.15) is 0 Å². The molecule has 0 bridgehead atoms. The van der Waals surface area contributed by atoms with Crippen molar-refractivity contribution in [1.29, 1.82) is 0 Å². The summed E-state index contributed by atoms with van der Waals surface area (Å²) >= 11 is 0. The molecule has 0 radical (unpaired) electrons. The predicted molar refractivity (Wildman–Crippen MR) is 206 cm³/mol. The summed E-state index contributed by atoms with van der Waals surface area (Å²) in [5.74, 6) is -0.996. The van der Waals surface area contributed by atoms with Crippen LogP contribution in [0, 0.1) is 23.7 Å². The van der Waals surface area contributed by atoms with Crippen molar-refractivity contribution in [1.82, 2.24) is 25.0 Å². The molecule has 12 nitrogen and oxygen atoms in total. The standard InChI is InChI=1S/C40H64N6O6/c1-13-26(6)36(45(10)40(50)34(24(2)3)43-39(49)35(25(4)5)44(8)9)31(51-11)23-33(47)46-22-16-19-30(46)37(52-12)27(7)38(48)42-32-21-20-28-17-14-15-18-29(28)41-32/h14-15,17-18,20-21,24-27,30-31,34-37H,13,16,19,22-23H2,1-12H3,(H,43,49)(H,41,42,48)/t26-,27+,30-,31+,34-,35-,36-,37+/m0/s1. The second-order valence-electron chi connectivity index (χ2n) is 15.4. The maximum absolute atomic E-state index is 14.2. The minimum atomic E-state index is -0.749. The van der Waals surface area contributed by atoms with Crippen LogP contribution in [-0.2, 0) is 28.7 Å². The van der Waals surface area contributed by atoms with Crippen molar-refractivity contribution in [2.75, 3.05) is 47.2 Å². The molecule has 1 aromatic carbocycles. The smallest absolute Gasteiger partial charge is 0.245 e. The van der Waals surface area contributed by atoms with Crippen molar-refractivity contribution in [3.63, 3.8) is 0 Å². The third-order valence-corrected chi connectivity index (χ3v) is 10.8. The number of likely N-dealkylation sites (N-methyl/N-ethyl adjacent to an activating group) is 2. The van der Waals surface area contributed by atoms with Crippen molar-refractivity contribution in [3.05, 3.63) is 36.4 Å². The van der Waals surface area contributed by atoms with Gasteiger partial charge in [0.05, 0.1) is 48.2 Å². The van der Waals surface area contributed by atoms with Crippen LogP contribution < -0.4 is 10.6 Å². The number of pyridine rings is 1. The highest BCUT2D eigenvalue weighted by Gasteiger charge is 2.43. The van der Waals surface area contributed by atoms with Crippen LogP contribution in [0.4, 0.5) is 5.82 Å². The number of carbonyl (C=O) groups is 4. The van der Waals surface area contributed by atoms with E-state index in [1.54, 1.807) is 32.2 Å². The van der Waals surface area contributed by atoms with Crippen LogP contribution >= 0.6 is 0 Å². The lowest BCUT2D eigenvalue weighted by atomic mass is 9.89. The molecular formula is C40H64N6O6. The first-order valence-corrected chi connectivity index (χ1v) is 18.8. The number of likely N-dealkylation sites (tertiary alicyclic amines) is 1. The lowest BCUT2D eigenvalue weighted by Crippen LogP contribution is -2.59. The van der Waals surface area contributed by atoms with Gasteiger partial charge in [-0.1, -0.05) is 73.1 Å². The van der Waals surface area contributed by atoms with Crippen LogP contribution in [0.2, 0.25) is 0 Å². The Kier molecular flexibility index (Phi) is 16.0. The third kappa shape index (κ3) is 10.3. The number of fused-ring (bicyclic) bond motifs is 1. The molecule has 0 saturated carbocycles. The Morgan fingerprint density at radius 2 is 1.60 bits per heavy atom. The highest BCUT2D eigenvalue weighted by Crippen LogP contribution is 2.30.